The van der Waals surface area contributed by atoms with Gasteiger partial charge in [0.15, 0.2) is 0 Å². The number of oxime groups is 1. The van der Waals surface area contributed by atoms with E-state index in [4.69, 9.17) is 5.21 Å². The molecule has 1 aromatic heterocycles. The molecule has 1 N–H and O–H groups in total. The molecular formula is C12H16N2O. The molecule has 0 saturated carbocycles. The molecule has 0 aliphatic heterocycles. The molecule has 1 aromatic rings. The first-order chi connectivity index (χ1) is 7.17. The van der Waals surface area contributed by atoms with Gasteiger partial charge in [0, 0.05) is 11.9 Å². The van der Waals surface area contributed by atoms with Gasteiger partial charge in [-0.15, -0.1) is 0 Å². The highest BCUT2D eigenvalue weighted by atomic mass is 16.4. The Balaban J connectivity index is 2.97. The summed E-state index contributed by atoms with van der Waals surface area (Å²) >= 11 is 0. The number of rotatable bonds is 3. The van der Waals surface area contributed by atoms with E-state index in [9.17, 15) is 0 Å². The first kappa shape index (κ1) is 11.4. The molecule has 15 heavy (non-hydrogen) atoms. The van der Waals surface area contributed by atoms with Crippen LogP contribution in [0.3, 0.4) is 0 Å². The molecule has 0 amide bonds. The van der Waals surface area contributed by atoms with Crippen LogP contribution in [0.1, 0.15) is 31.5 Å². The van der Waals surface area contributed by atoms with Gasteiger partial charge < -0.3 is 5.21 Å². The molecule has 0 atom stereocenters. The molecule has 1 rings (SSSR count). The molecule has 0 radical (unpaired) electrons. The smallest absolute Gasteiger partial charge is 0.0822 e. The van der Waals surface area contributed by atoms with Crippen LogP contribution in [0.5, 0.6) is 0 Å². The molecule has 1 heterocycles. The molecule has 3 heteroatoms. The van der Waals surface area contributed by atoms with Crippen molar-refractivity contribution in [2.24, 2.45) is 5.16 Å². The zero-order valence-electron chi connectivity index (χ0n) is 9.36. The second-order valence-corrected chi connectivity index (χ2v) is 3.46. The maximum atomic E-state index is 8.76. The summed E-state index contributed by atoms with van der Waals surface area (Å²) in [6.45, 7) is 5.85. The van der Waals surface area contributed by atoms with Crippen LogP contribution in [-0.4, -0.2) is 15.9 Å². The Kier molecular flexibility index (Phi) is 4.03. The lowest BCUT2D eigenvalue weighted by Crippen LogP contribution is -1.97. The van der Waals surface area contributed by atoms with Gasteiger partial charge in [-0.1, -0.05) is 12.1 Å². The third kappa shape index (κ3) is 3.20. The van der Waals surface area contributed by atoms with Crippen LogP contribution in [-0.2, 0) is 0 Å². The fourth-order valence-electron chi connectivity index (χ4n) is 1.42. The minimum atomic E-state index is 0.712. The Morgan fingerprint density at radius 2 is 2.33 bits per heavy atom. The van der Waals surface area contributed by atoms with Crippen LogP contribution in [0.2, 0.25) is 0 Å². The maximum Gasteiger partial charge on any atom is 0.0822 e. The van der Waals surface area contributed by atoms with E-state index in [2.05, 4.69) is 10.1 Å². The van der Waals surface area contributed by atoms with Gasteiger partial charge >= 0.3 is 0 Å². The zero-order chi connectivity index (χ0) is 11.3. The maximum absolute atomic E-state index is 8.76. The number of aryl methyl sites for hydroxylation is 1. The van der Waals surface area contributed by atoms with Gasteiger partial charge in [-0.25, -0.2) is 0 Å². The van der Waals surface area contributed by atoms with Crippen LogP contribution in [0, 0.1) is 6.92 Å². The van der Waals surface area contributed by atoms with Crippen molar-refractivity contribution in [2.75, 3.05) is 0 Å². The summed E-state index contributed by atoms with van der Waals surface area (Å²) in [6.07, 6.45) is 4.49. The second kappa shape index (κ2) is 5.29. The Morgan fingerprint density at radius 1 is 1.60 bits per heavy atom. The summed E-state index contributed by atoms with van der Waals surface area (Å²) in [5.74, 6) is 0. The van der Waals surface area contributed by atoms with E-state index < -0.39 is 0 Å². The molecule has 80 valence electrons. The Bertz CT molecular complexity index is 394. The van der Waals surface area contributed by atoms with Gasteiger partial charge in [0.05, 0.1) is 5.71 Å². The van der Waals surface area contributed by atoms with E-state index in [0.29, 0.717) is 5.71 Å². The summed E-state index contributed by atoms with van der Waals surface area (Å²) in [7, 11) is 0. The molecule has 0 fully saturated rings. The molecule has 0 saturated heterocycles. The topological polar surface area (TPSA) is 45.5 Å². The fraction of sp³-hybridized carbons (Fsp3) is 0.333. The Labute approximate surface area is 90.2 Å². The average Bonchev–Trinajstić information content (AvgIpc) is 2.19. The highest BCUT2D eigenvalue weighted by molar-refractivity contribution is 6.02. The number of hydrogen-bond donors (Lipinski definition) is 1. The van der Waals surface area contributed by atoms with E-state index >= 15 is 0 Å². The number of nitrogens with zero attached hydrogens (tertiary/aromatic N) is 2. The van der Waals surface area contributed by atoms with Crippen molar-refractivity contribution < 1.29 is 5.21 Å². The number of pyridine rings is 1. The molecule has 0 unspecified atom stereocenters. The van der Waals surface area contributed by atoms with Crippen molar-refractivity contribution in [3.63, 3.8) is 0 Å². The third-order valence-electron chi connectivity index (χ3n) is 2.21. The lowest BCUT2D eigenvalue weighted by atomic mass is 10.1. The van der Waals surface area contributed by atoms with Crippen molar-refractivity contribution in [1.29, 1.82) is 0 Å². The monoisotopic (exact) mass is 204 g/mol. The van der Waals surface area contributed by atoms with Crippen LogP contribution >= 0.6 is 0 Å². The minimum absolute atomic E-state index is 0.712. The van der Waals surface area contributed by atoms with Crippen molar-refractivity contribution in [2.45, 2.75) is 27.2 Å². The first-order valence-electron chi connectivity index (χ1n) is 4.99. The predicted octanol–water partition coefficient (Wildman–Crippen LogP) is 3.03. The summed E-state index contributed by atoms with van der Waals surface area (Å²) in [5, 5.41) is 12.0. The normalized spacial score (nSPS) is 13.0. The van der Waals surface area contributed by atoms with Crippen LogP contribution < -0.4 is 0 Å². The number of hydrogen-bond acceptors (Lipinski definition) is 3. The van der Waals surface area contributed by atoms with Crippen molar-refractivity contribution >= 4 is 11.8 Å². The Morgan fingerprint density at radius 3 is 2.87 bits per heavy atom. The second-order valence-electron chi connectivity index (χ2n) is 3.46. The lowest BCUT2D eigenvalue weighted by molar-refractivity contribution is 0.318. The highest BCUT2D eigenvalue weighted by Crippen LogP contribution is 2.09. The van der Waals surface area contributed by atoms with Gasteiger partial charge in [-0.05, 0) is 49.6 Å². The Hall–Kier alpha value is -1.64. The van der Waals surface area contributed by atoms with E-state index in [0.717, 1.165) is 23.3 Å². The molecule has 0 aliphatic carbocycles. The van der Waals surface area contributed by atoms with E-state index in [-0.39, 0.29) is 0 Å². The van der Waals surface area contributed by atoms with Gasteiger partial charge in [0.1, 0.15) is 0 Å². The van der Waals surface area contributed by atoms with E-state index in [1.807, 2.05) is 39.0 Å². The number of aromatic nitrogens is 1. The lowest BCUT2D eigenvalue weighted by Gasteiger charge is -2.02. The molecule has 0 spiro atoms. The summed E-state index contributed by atoms with van der Waals surface area (Å²) < 4.78 is 0. The van der Waals surface area contributed by atoms with Crippen molar-refractivity contribution in [3.8, 4) is 0 Å². The predicted molar refractivity (Wildman–Crippen MR) is 62.1 cm³/mol. The average molecular weight is 204 g/mol. The third-order valence-corrected chi connectivity index (χ3v) is 2.21. The molecule has 0 bridgehead atoms. The molecule has 3 nitrogen and oxygen atoms in total. The molecule has 0 aromatic carbocycles. The van der Waals surface area contributed by atoms with Gasteiger partial charge in [-0.2, -0.15) is 0 Å². The standard InChI is InChI=1S/C12H16N2O/c1-4-12(14-15)9(2)7-11-5-6-13-10(3)8-11/h5-8,15H,4H2,1-3H3/b9-7+,14-12?. The van der Waals surface area contributed by atoms with Crippen LogP contribution in [0.25, 0.3) is 6.08 Å². The minimum Gasteiger partial charge on any atom is -0.411 e. The molecule has 0 aliphatic rings. The van der Waals surface area contributed by atoms with Crippen LogP contribution in [0.4, 0.5) is 0 Å². The van der Waals surface area contributed by atoms with E-state index in [1.54, 1.807) is 6.20 Å². The quantitative estimate of drug-likeness (QED) is 0.467. The summed E-state index contributed by atoms with van der Waals surface area (Å²) in [6, 6.07) is 3.93. The van der Waals surface area contributed by atoms with Gasteiger partial charge in [0.2, 0.25) is 0 Å². The van der Waals surface area contributed by atoms with Gasteiger partial charge in [-0.3, -0.25) is 4.98 Å². The largest absolute Gasteiger partial charge is 0.411 e. The SMILES string of the molecule is CCC(=NO)/C(C)=C/c1ccnc(C)c1. The molecular weight excluding hydrogens is 188 g/mol. The first-order valence-corrected chi connectivity index (χ1v) is 4.99. The van der Waals surface area contributed by atoms with Crippen molar-refractivity contribution in [3.05, 3.63) is 35.2 Å². The number of allylic oxidation sites excluding steroid dienone is 1. The van der Waals surface area contributed by atoms with Gasteiger partial charge in [0.25, 0.3) is 0 Å². The summed E-state index contributed by atoms with van der Waals surface area (Å²) in [5.41, 5.74) is 3.75. The zero-order valence-corrected chi connectivity index (χ0v) is 9.36. The fourth-order valence-corrected chi connectivity index (χ4v) is 1.42. The highest BCUT2D eigenvalue weighted by Gasteiger charge is 2.00. The summed E-state index contributed by atoms with van der Waals surface area (Å²) in [4.78, 5) is 4.12. The van der Waals surface area contributed by atoms with Crippen molar-refractivity contribution in [1.82, 2.24) is 4.98 Å². The van der Waals surface area contributed by atoms with E-state index in [1.165, 1.54) is 0 Å². The van der Waals surface area contributed by atoms with Crippen LogP contribution in [0.15, 0.2) is 29.1 Å².